The van der Waals surface area contributed by atoms with Crippen molar-refractivity contribution < 1.29 is 0 Å². The lowest BCUT2D eigenvalue weighted by molar-refractivity contribution is 0.320. The largest absolute Gasteiger partial charge is 0.316 e. The molecule has 90 valence electrons. The van der Waals surface area contributed by atoms with Gasteiger partial charge in [0.1, 0.15) is 5.82 Å². The number of hydrogen-bond acceptors (Lipinski definition) is 3. The average Bonchev–Trinajstić information content (AvgIpc) is 2.73. The van der Waals surface area contributed by atoms with Crippen LogP contribution in [0.3, 0.4) is 0 Å². The summed E-state index contributed by atoms with van der Waals surface area (Å²) < 4.78 is 2.12. The molecular formula is C12H22N4. The second-order valence-corrected chi connectivity index (χ2v) is 4.55. The maximum atomic E-state index is 4.57. The van der Waals surface area contributed by atoms with Crippen LogP contribution in [-0.4, -0.2) is 27.9 Å². The fourth-order valence-electron chi connectivity index (χ4n) is 2.31. The van der Waals surface area contributed by atoms with Crippen LogP contribution in [0.15, 0.2) is 0 Å². The third-order valence-electron chi connectivity index (χ3n) is 3.25. The number of hydrogen-bond donors (Lipinski definition) is 1. The molecule has 4 heteroatoms. The van der Waals surface area contributed by atoms with Crippen LogP contribution in [0, 0.1) is 5.92 Å². The number of aryl methyl sites for hydroxylation is 2. The molecule has 16 heavy (non-hydrogen) atoms. The summed E-state index contributed by atoms with van der Waals surface area (Å²) in [6.07, 6.45) is 4.52. The van der Waals surface area contributed by atoms with Crippen molar-refractivity contribution in [3.8, 4) is 0 Å². The van der Waals surface area contributed by atoms with Crippen molar-refractivity contribution in [3.05, 3.63) is 11.6 Å². The van der Waals surface area contributed by atoms with Crippen LogP contribution in [0.4, 0.5) is 0 Å². The number of aromatic nitrogens is 3. The Morgan fingerprint density at radius 2 is 2.25 bits per heavy atom. The molecule has 2 heterocycles. The van der Waals surface area contributed by atoms with E-state index in [1.165, 1.54) is 19.4 Å². The Labute approximate surface area is 97.5 Å². The molecule has 1 saturated heterocycles. The molecule has 1 atom stereocenters. The van der Waals surface area contributed by atoms with E-state index >= 15 is 0 Å². The topological polar surface area (TPSA) is 42.7 Å². The van der Waals surface area contributed by atoms with E-state index in [9.17, 15) is 0 Å². The molecule has 0 bridgehead atoms. The lowest BCUT2D eigenvalue weighted by atomic mass is 10.00. The van der Waals surface area contributed by atoms with Gasteiger partial charge in [0, 0.05) is 19.4 Å². The van der Waals surface area contributed by atoms with E-state index in [1.807, 2.05) is 0 Å². The van der Waals surface area contributed by atoms with Gasteiger partial charge in [-0.3, -0.25) is 0 Å². The minimum absolute atomic E-state index is 0.727. The molecule has 1 aromatic heterocycles. The van der Waals surface area contributed by atoms with Crippen LogP contribution in [0.2, 0.25) is 0 Å². The highest BCUT2D eigenvalue weighted by Gasteiger charge is 2.16. The molecule has 0 aliphatic carbocycles. The SMILES string of the molecule is CCc1nc(CC)n(CC2CCCNC2)n1. The van der Waals surface area contributed by atoms with Gasteiger partial charge in [0.05, 0.1) is 0 Å². The first-order chi connectivity index (χ1) is 7.83. The van der Waals surface area contributed by atoms with Crippen LogP contribution in [0.1, 0.15) is 38.3 Å². The molecule has 2 rings (SSSR count). The second-order valence-electron chi connectivity index (χ2n) is 4.55. The van der Waals surface area contributed by atoms with Crippen LogP contribution in [0.25, 0.3) is 0 Å². The predicted octanol–water partition coefficient (Wildman–Crippen LogP) is 1.40. The van der Waals surface area contributed by atoms with E-state index in [4.69, 9.17) is 0 Å². The number of rotatable bonds is 4. The van der Waals surface area contributed by atoms with Gasteiger partial charge in [-0.1, -0.05) is 13.8 Å². The van der Waals surface area contributed by atoms with Crippen molar-refractivity contribution in [2.45, 2.75) is 46.1 Å². The van der Waals surface area contributed by atoms with Gasteiger partial charge >= 0.3 is 0 Å². The summed E-state index contributed by atoms with van der Waals surface area (Å²) in [5.74, 6) is 2.86. The van der Waals surface area contributed by atoms with E-state index in [0.717, 1.165) is 43.5 Å². The zero-order valence-electron chi connectivity index (χ0n) is 10.4. The molecule has 0 saturated carbocycles. The van der Waals surface area contributed by atoms with Gasteiger partial charge in [-0.15, -0.1) is 0 Å². The minimum atomic E-state index is 0.727. The first-order valence-electron chi connectivity index (χ1n) is 6.46. The van der Waals surface area contributed by atoms with Crippen molar-refractivity contribution in [2.75, 3.05) is 13.1 Å². The van der Waals surface area contributed by atoms with E-state index in [2.05, 4.69) is 33.9 Å². The molecule has 0 amide bonds. The molecule has 4 nitrogen and oxygen atoms in total. The summed E-state index contributed by atoms with van der Waals surface area (Å²) in [4.78, 5) is 4.54. The van der Waals surface area contributed by atoms with E-state index in [-0.39, 0.29) is 0 Å². The van der Waals surface area contributed by atoms with Crippen molar-refractivity contribution in [2.24, 2.45) is 5.92 Å². The van der Waals surface area contributed by atoms with Gasteiger partial charge < -0.3 is 5.32 Å². The Hall–Kier alpha value is -0.900. The maximum absolute atomic E-state index is 4.57. The van der Waals surface area contributed by atoms with Crippen LogP contribution in [-0.2, 0) is 19.4 Å². The van der Waals surface area contributed by atoms with Gasteiger partial charge in [0.2, 0.25) is 0 Å². The van der Waals surface area contributed by atoms with E-state index in [0.29, 0.717) is 0 Å². The van der Waals surface area contributed by atoms with Gasteiger partial charge in [-0.2, -0.15) is 5.10 Å². The van der Waals surface area contributed by atoms with Crippen molar-refractivity contribution >= 4 is 0 Å². The van der Waals surface area contributed by atoms with E-state index in [1.54, 1.807) is 0 Å². The second kappa shape index (κ2) is 5.43. The maximum Gasteiger partial charge on any atom is 0.150 e. The monoisotopic (exact) mass is 222 g/mol. The van der Waals surface area contributed by atoms with Crippen LogP contribution < -0.4 is 5.32 Å². The zero-order chi connectivity index (χ0) is 11.4. The van der Waals surface area contributed by atoms with Crippen LogP contribution >= 0.6 is 0 Å². The number of nitrogens with one attached hydrogen (secondary N) is 1. The lowest BCUT2D eigenvalue weighted by Gasteiger charge is -2.22. The van der Waals surface area contributed by atoms with Gasteiger partial charge in [0.25, 0.3) is 0 Å². The molecule has 1 unspecified atom stereocenters. The van der Waals surface area contributed by atoms with Crippen molar-refractivity contribution in [1.82, 2.24) is 20.1 Å². The Bertz CT molecular complexity index is 326. The fraction of sp³-hybridized carbons (Fsp3) is 0.833. The molecule has 1 aromatic rings. The first-order valence-corrected chi connectivity index (χ1v) is 6.46. The standard InChI is InChI=1S/C12H22N4/c1-3-11-14-12(4-2)16(15-11)9-10-6-5-7-13-8-10/h10,13H,3-9H2,1-2H3. The Morgan fingerprint density at radius 1 is 1.38 bits per heavy atom. The third-order valence-corrected chi connectivity index (χ3v) is 3.25. The first kappa shape index (κ1) is 11.6. The molecule has 1 fully saturated rings. The number of nitrogens with zero attached hydrogens (tertiary/aromatic N) is 3. The number of piperidine rings is 1. The smallest absolute Gasteiger partial charge is 0.150 e. The summed E-state index contributed by atoms with van der Waals surface area (Å²) in [5.41, 5.74) is 0. The summed E-state index contributed by atoms with van der Waals surface area (Å²) in [6, 6.07) is 0. The molecule has 1 N–H and O–H groups in total. The molecule has 0 aromatic carbocycles. The van der Waals surface area contributed by atoms with E-state index < -0.39 is 0 Å². The highest BCUT2D eigenvalue weighted by Crippen LogP contribution is 2.13. The lowest BCUT2D eigenvalue weighted by Crippen LogP contribution is -2.32. The quantitative estimate of drug-likeness (QED) is 0.837. The average molecular weight is 222 g/mol. The summed E-state index contributed by atoms with van der Waals surface area (Å²) >= 11 is 0. The van der Waals surface area contributed by atoms with Gasteiger partial charge in [0.15, 0.2) is 5.82 Å². The van der Waals surface area contributed by atoms with Crippen molar-refractivity contribution in [1.29, 1.82) is 0 Å². The fourth-order valence-corrected chi connectivity index (χ4v) is 2.31. The minimum Gasteiger partial charge on any atom is -0.316 e. The molecule has 0 radical (unpaired) electrons. The van der Waals surface area contributed by atoms with Crippen LogP contribution in [0.5, 0.6) is 0 Å². The summed E-state index contributed by atoms with van der Waals surface area (Å²) in [7, 11) is 0. The summed E-state index contributed by atoms with van der Waals surface area (Å²) in [6.45, 7) is 7.60. The normalized spacial score (nSPS) is 21.2. The summed E-state index contributed by atoms with van der Waals surface area (Å²) in [5, 5.41) is 8.02. The van der Waals surface area contributed by atoms with Gasteiger partial charge in [-0.25, -0.2) is 9.67 Å². The van der Waals surface area contributed by atoms with Gasteiger partial charge in [-0.05, 0) is 31.8 Å². The van der Waals surface area contributed by atoms with Crippen molar-refractivity contribution in [3.63, 3.8) is 0 Å². The molecular weight excluding hydrogens is 200 g/mol. The highest BCUT2D eigenvalue weighted by atomic mass is 15.3. The Morgan fingerprint density at radius 3 is 2.88 bits per heavy atom. The predicted molar refractivity (Wildman–Crippen MR) is 64.4 cm³/mol. The molecule has 1 aliphatic rings. The third kappa shape index (κ3) is 2.61. The molecule has 1 aliphatic heterocycles. The Balaban J connectivity index is 2.03. The Kier molecular flexibility index (Phi) is 3.93. The molecule has 0 spiro atoms. The highest BCUT2D eigenvalue weighted by molar-refractivity contribution is 4.93. The zero-order valence-corrected chi connectivity index (χ0v) is 10.4.